The second-order valence-corrected chi connectivity index (χ2v) is 6.89. The number of anilines is 1. The highest BCUT2D eigenvalue weighted by Crippen LogP contribution is 2.34. The zero-order valence-electron chi connectivity index (χ0n) is 17.5. The fourth-order valence-electron chi connectivity index (χ4n) is 3.51. The van der Waals surface area contributed by atoms with E-state index in [0.29, 0.717) is 30.6 Å². The van der Waals surface area contributed by atoms with Crippen LogP contribution in [0.4, 0.5) is 5.69 Å². The third-order valence-corrected chi connectivity index (χ3v) is 4.90. The summed E-state index contributed by atoms with van der Waals surface area (Å²) >= 11 is 0. The van der Waals surface area contributed by atoms with Crippen LogP contribution >= 0.6 is 0 Å². The van der Waals surface area contributed by atoms with Crippen LogP contribution in [0.3, 0.4) is 0 Å². The molecule has 1 fully saturated rings. The molecule has 2 atom stereocenters. The van der Waals surface area contributed by atoms with E-state index >= 15 is 0 Å². The van der Waals surface area contributed by atoms with E-state index in [-0.39, 0.29) is 6.10 Å². The zero-order chi connectivity index (χ0) is 20.5. The van der Waals surface area contributed by atoms with Gasteiger partial charge in [0.05, 0.1) is 19.8 Å². The molecule has 2 aromatic carbocycles. The third kappa shape index (κ3) is 5.64. The molecule has 2 N–H and O–H groups in total. The molecule has 1 aliphatic heterocycles. The monoisotopic (exact) mass is 397 g/mol. The quantitative estimate of drug-likeness (QED) is 0.515. The summed E-state index contributed by atoms with van der Waals surface area (Å²) in [7, 11) is 1.64. The lowest BCUT2D eigenvalue weighted by molar-refractivity contribution is 0.0926. The molecule has 1 aliphatic rings. The lowest BCUT2D eigenvalue weighted by Crippen LogP contribution is -2.31. The molecule has 0 amide bonds. The lowest BCUT2D eigenvalue weighted by Gasteiger charge is -2.19. The Labute approximate surface area is 173 Å². The van der Waals surface area contributed by atoms with Crippen molar-refractivity contribution in [1.82, 2.24) is 5.32 Å². The van der Waals surface area contributed by atoms with Crippen LogP contribution in [0.2, 0.25) is 0 Å². The highest BCUT2D eigenvalue weighted by molar-refractivity contribution is 5.93. The lowest BCUT2D eigenvalue weighted by atomic mass is 9.95. The van der Waals surface area contributed by atoms with Crippen molar-refractivity contribution in [2.24, 2.45) is 10.9 Å². The third-order valence-electron chi connectivity index (χ3n) is 4.90. The molecule has 3 rings (SSSR count). The van der Waals surface area contributed by atoms with E-state index in [0.717, 1.165) is 31.2 Å². The predicted molar refractivity (Wildman–Crippen MR) is 117 cm³/mol. The van der Waals surface area contributed by atoms with Crippen LogP contribution in [0.5, 0.6) is 11.5 Å². The van der Waals surface area contributed by atoms with Gasteiger partial charge >= 0.3 is 0 Å². The summed E-state index contributed by atoms with van der Waals surface area (Å²) < 4.78 is 17.0. The number of methoxy groups -OCH3 is 1. The fraction of sp³-hybridized carbons (Fsp3) is 0.435. The second-order valence-electron chi connectivity index (χ2n) is 6.89. The Morgan fingerprint density at radius 1 is 1.14 bits per heavy atom. The van der Waals surface area contributed by atoms with E-state index in [1.54, 1.807) is 7.11 Å². The Balaban J connectivity index is 1.71. The van der Waals surface area contributed by atoms with Gasteiger partial charge in [-0.05, 0) is 38.0 Å². The minimum atomic E-state index is 0.105. The zero-order valence-corrected chi connectivity index (χ0v) is 17.5. The molecule has 0 radical (unpaired) electrons. The second kappa shape index (κ2) is 10.7. The number of nitrogens with zero attached hydrogens (tertiary/aromatic N) is 1. The molecule has 0 saturated carbocycles. The average Bonchev–Trinajstić information content (AvgIpc) is 3.22. The number of hydrogen-bond donors (Lipinski definition) is 2. The molecule has 6 heteroatoms. The minimum Gasteiger partial charge on any atom is -0.493 e. The van der Waals surface area contributed by atoms with Gasteiger partial charge in [-0.25, -0.2) is 0 Å². The van der Waals surface area contributed by atoms with Crippen LogP contribution in [-0.2, 0) is 4.74 Å². The van der Waals surface area contributed by atoms with Crippen molar-refractivity contribution in [2.75, 3.05) is 38.7 Å². The van der Waals surface area contributed by atoms with Crippen LogP contribution in [-0.4, -0.2) is 39.4 Å². The van der Waals surface area contributed by atoms with Gasteiger partial charge in [-0.3, -0.25) is 4.99 Å². The number of benzene rings is 2. The normalized spacial score (nSPS) is 19.1. The average molecular weight is 398 g/mol. The molecule has 29 heavy (non-hydrogen) atoms. The van der Waals surface area contributed by atoms with E-state index in [4.69, 9.17) is 19.2 Å². The molecule has 0 bridgehead atoms. The van der Waals surface area contributed by atoms with Gasteiger partial charge in [0, 0.05) is 37.4 Å². The maximum atomic E-state index is 5.99. The number of hydrogen-bond acceptors (Lipinski definition) is 4. The van der Waals surface area contributed by atoms with Crippen LogP contribution in [0, 0.1) is 5.92 Å². The topological polar surface area (TPSA) is 64.1 Å². The summed E-state index contributed by atoms with van der Waals surface area (Å²) in [6.07, 6.45) is 1.12. The first kappa shape index (κ1) is 21.0. The smallest absolute Gasteiger partial charge is 0.195 e. The van der Waals surface area contributed by atoms with Gasteiger partial charge < -0.3 is 24.8 Å². The molecular formula is C23H31N3O3. The maximum Gasteiger partial charge on any atom is 0.195 e. The van der Waals surface area contributed by atoms with Crippen LogP contribution < -0.4 is 20.1 Å². The van der Waals surface area contributed by atoms with E-state index in [1.165, 1.54) is 5.56 Å². The molecule has 6 nitrogen and oxygen atoms in total. The predicted octanol–water partition coefficient (Wildman–Crippen LogP) is 4.25. The van der Waals surface area contributed by atoms with E-state index < -0.39 is 0 Å². The number of guanidine groups is 1. The van der Waals surface area contributed by atoms with Crippen molar-refractivity contribution in [3.63, 3.8) is 0 Å². The Morgan fingerprint density at radius 2 is 1.97 bits per heavy atom. The van der Waals surface area contributed by atoms with E-state index in [1.807, 2.05) is 31.2 Å². The van der Waals surface area contributed by atoms with Gasteiger partial charge in [-0.1, -0.05) is 30.3 Å². The van der Waals surface area contributed by atoms with Crippen molar-refractivity contribution >= 4 is 11.6 Å². The molecule has 156 valence electrons. The molecule has 2 unspecified atom stereocenters. The first-order valence-corrected chi connectivity index (χ1v) is 10.3. The van der Waals surface area contributed by atoms with Crippen molar-refractivity contribution in [3.05, 3.63) is 54.1 Å². The van der Waals surface area contributed by atoms with Gasteiger partial charge in [-0.15, -0.1) is 0 Å². The first-order chi connectivity index (χ1) is 14.2. The first-order valence-electron chi connectivity index (χ1n) is 10.3. The largest absolute Gasteiger partial charge is 0.493 e. The van der Waals surface area contributed by atoms with Crippen molar-refractivity contribution < 1.29 is 14.2 Å². The van der Waals surface area contributed by atoms with Crippen molar-refractivity contribution in [1.29, 1.82) is 0 Å². The van der Waals surface area contributed by atoms with Crippen LogP contribution in [0.15, 0.2) is 53.5 Å². The van der Waals surface area contributed by atoms with Gasteiger partial charge in [-0.2, -0.15) is 0 Å². The van der Waals surface area contributed by atoms with Gasteiger partial charge in [0.25, 0.3) is 0 Å². The Kier molecular flexibility index (Phi) is 7.76. The summed E-state index contributed by atoms with van der Waals surface area (Å²) in [6, 6.07) is 16.2. The Bertz CT molecular complexity index is 795. The Morgan fingerprint density at radius 3 is 2.69 bits per heavy atom. The van der Waals surface area contributed by atoms with Gasteiger partial charge in [0.2, 0.25) is 0 Å². The molecule has 0 aromatic heterocycles. The molecule has 0 aliphatic carbocycles. The summed E-state index contributed by atoms with van der Waals surface area (Å²) in [4.78, 5) is 4.83. The summed E-state index contributed by atoms with van der Waals surface area (Å²) in [6.45, 7) is 6.85. The molecule has 1 heterocycles. The van der Waals surface area contributed by atoms with Crippen molar-refractivity contribution in [2.45, 2.75) is 26.4 Å². The van der Waals surface area contributed by atoms with Gasteiger partial charge in [0.15, 0.2) is 17.5 Å². The maximum absolute atomic E-state index is 5.99. The number of aliphatic imine (C=N–C) groups is 1. The van der Waals surface area contributed by atoms with Crippen LogP contribution in [0.1, 0.15) is 31.9 Å². The highest BCUT2D eigenvalue weighted by atomic mass is 16.5. The fourth-order valence-corrected chi connectivity index (χ4v) is 3.51. The molecular weight excluding hydrogens is 366 g/mol. The van der Waals surface area contributed by atoms with E-state index in [9.17, 15) is 0 Å². The standard InChI is InChI=1S/C23H31N3O3/c1-4-24-23(26-19-11-12-20(27-3)21(15-19)28-5-2)25-16-18-13-14-29-22(18)17-9-7-6-8-10-17/h6-12,15,18,22H,4-5,13-14,16H2,1-3H3,(H2,24,25,26). The molecule has 2 aromatic rings. The number of nitrogens with one attached hydrogen (secondary N) is 2. The number of ether oxygens (including phenoxy) is 3. The van der Waals surface area contributed by atoms with Crippen LogP contribution in [0.25, 0.3) is 0 Å². The minimum absolute atomic E-state index is 0.105. The Hall–Kier alpha value is -2.73. The highest BCUT2D eigenvalue weighted by Gasteiger charge is 2.29. The molecule has 1 saturated heterocycles. The van der Waals surface area contributed by atoms with E-state index in [2.05, 4.69) is 41.8 Å². The summed E-state index contributed by atoms with van der Waals surface area (Å²) in [5.41, 5.74) is 2.12. The SMILES string of the molecule is CCNC(=NCC1CCOC1c1ccccc1)Nc1ccc(OC)c(OCC)c1. The summed E-state index contributed by atoms with van der Waals surface area (Å²) in [5, 5.41) is 6.69. The summed E-state index contributed by atoms with van der Waals surface area (Å²) in [5.74, 6) is 2.54. The van der Waals surface area contributed by atoms with Crippen molar-refractivity contribution in [3.8, 4) is 11.5 Å². The van der Waals surface area contributed by atoms with Gasteiger partial charge in [0.1, 0.15) is 0 Å². The number of rotatable bonds is 8. The molecule has 0 spiro atoms.